The van der Waals surface area contributed by atoms with Crippen LogP contribution >= 0.6 is 23.4 Å². The molecule has 0 unspecified atom stereocenters. The van der Waals surface area contributed by atoms with Gasteiger partial charge in [-0.3, -0.25) is 4.72 Å². The van der Waals surface area contributed by atoms with E-state index in [2.05, 4.69) is 19.8 Å². The number of thioether (sulfide) groups is 1. The highest BCUT2D eigenvalue weighted by Gasteiger charge is 2.48. The minimum absolute atomic E-state index is 0.0763. The number of carboxylic acid groups (broad SMARTS) is 1. The van der Waals surface area contributed by atoms with E-state index >= 15 is 4.39 Å². The van der Waals surface area contributed by atoms with Gasteiger partial charge in [0.15, 0.2) is 0 Å². The van der Waals surface area contributed by atoms with E-state index < -0.39 is 53.0 Å². The van der Waals surface area contributed by atoms with Crippen molar-refractivity contribution in [3.63, 3.8) is 0 Å². The van der Waals surface area contributed by atoms with E-state index in [0.717, 1.165) is 54.2 Å². The number of nitrogens with one attached hydrogen (secondary N) is 2. The van der Waals surface area contributed by atoms with Gasteiger partial charge in [-0.05, 0) is 129 Å². The summed E-state index contributed by atoms with van der Waals surface area (Å²) in [6, 6.07) is 29.5. The summed E-state index contributed by atoms with van der Waals surface area (Å²) in [5.74, 6) is -1.29. The molecule has 2 aliphatic rings. The van der Waals surface area contributed by atoms with Crippen LogP contribution < -0.4 is 19.8 Å². The Balaban J connectivity index is 0.972. The van der Waals surface area contributed by atoms with E-state index in [9.17, 15) is 39.9 Å². The average Bonchev–Trinajstić information content (AvgIpc) is 3.69. The maximum Gasteiger partial charge on any atom is 0.501 e. The topological polar surface area (TPSA) is 154 Å². The number of rotatable bonds is 19. The monoisotopic (exact) mass is 1100 g/mol. The average molecular weight is 1100 g/mol. The van der Waals surface area contributed by atoms with Crippen LogP contribution in [0.5, 0.6) is 0 Å². The van der Waals surface area contributed by atoms with Crippen LogP contribution in [-0.4, -0.2) is 114 Å². The normalized spacial score (nSPS) is 15.6. The minimum Gasteiger partial charge on any atom is -0.478 e. The Hall–Kier alpha value is -5.77. The Bertz CT molecular complexity index is 3170. The van der Waals surface area contributed by atoms with Crippen molar-refractivity contribution >= 4 is 71.9 Å². The summed E-state index contributed by atoms with van der Waals surface area (Å²) < 4.78 is 122. The molecule has 0 spiro atoms. The van der Waals surface area contributed by atoms with Gasteiger partial charge >= 0.3 is 11.5 Å². The highest BCUT2D eigenvalue weighted by molar-refractivity contribution is 7.99. The number of aromatic nitrogens is 1. The van der Waals surface area contributed by atoms with Crippen molar-refractivity contribution < 1.29 is 49.0 Å². The number of piperidine rings is 1. The summed E-state index contributed by atoms with van der Waals surface area (Å²) >= 11 is 7.66. The fourth-order valence-corrected chi connectivity index (χ4v) is 12.9. The number of likely N-dealkylation sites (tertiary alicyclic amines) is 1. The van der Waals surface area contributed by atoms with Gasteiger partial charge in [0, 0.05) is 110 Å². The smallest absolute Gasteiger partial charge is 0.478 e. The fraction of sp³-hybridized carbons (Fsp3) is 0.340. The first-order valence-electron chi connectivity index (χ1n) is 24.1. The lowest BCUT2D eigenvalue weighted by molar-refractivity contribution is -0.0436. The number of alkyl halides is 3. The van der Waals surface area contributed by atoms with Gasteiger partial charge in [0.05, 0.1) is 27.9 Å². The lowest BCUT2D eigenvalue weighted by Gasteiger charge is -2.37. The van der Waals surface area contributed by atoms with Gasteiger partial charge in [0.25, 0.3) is 19.9 Å². The molecule has 2 saturated heterocycles. The van der Waals surface area contributed by atoms with Crippen molar-refractivity contribution in [3.05, 3.63) is 137 Å². The molecule has 1 aromatic heterocycles. The Morgan fingerprint density at radius 2 is 1.49 bits per heavy atom. The van der Waals surface area contributed by atoms with Gasteiger partial charge < -0.3 is 34.4 Å². The van der Waals surface area contributed by atoms with Gasteiger partial charge in [0.1, 0.15) is 10.7 Å². The van der Waals surface area contributed by atoms with Crippen LogP contribution in [0.1, 0.15) is 42.2 Å². The number of ether oxygens (including phenoxy) is 1. The summed E-state index contributed by atoms with van der Waals surface area (Å²) in [4.78, 5) is 18.1. The van der Waals surface area contributed by atoms with Crippen molar-refractivity contribution in [2.75, 3.05) is 78.5 Å². The zero-order valence-electron chi connectivity index (χ0n) is 40.9. The molecular weight excluding hydrogens is 1040 g/mol. The maximum absolute atomic E-state index is 15.6. The van der Waals surface area contributed by atoms with Gasteiger partial charge in [0.2, 0.25) is 0 Å². The molecule has 3 heterocycles. The van der Waals surface area contributed by atoms with Crippen LogP contribution in [0, 0.1) is 12.7 Å². The van der Waals surface area contributed by atoms with E-state index in [-0.39, 0.29) is 23.0 Å². The second-order valence-electron chi connectivity index (χ2n) is 18.2. The van der Waals surface area contributed by atoms with Crippen molar-refractivity contribution in [3.8, 4) is 22.4 Å². The van der Waals surface area contributed by atoms with E-state index in [1.165, 1.54) is 36.0 Å². The molecule has 2 aliphatic heterocycles. The first-order valence-corrected chi connectivity index (χ1v) is 28.4. The molecule has 1 atom stereocenters. The third-order valence-electron chi connectivity index (χ3n) is 13.5. The van der Waals surface area contributed by atoms with Crippen molar-refractivity contribution in [1.82, 2.24) is 9.47 Å². The number of halogens is 5. The molecule has 0 amide bonds. The SMILES string of the molecule is CCn1c(C)c(C(=O)O)c(-c2cc(F)cc(N3CCN(c4ccc(NS(=O)(=O)c5ccc(N[C@H](CCN6CCC(OC)CC6)CSc6ccccc6)c(S(=O)(=O)C(F)(F)F)c5)cc4)CC3)c2)c1-c1ccc(Cl)cc1. The quantitative estimate of drug-likeness (QED) is 0.0523. The second-order valence-corrected chi connectivity index (χ2v) is 23.3. The number of aromatic carboxylic acids is 1. The molecule has 394 valence electrons. The number of hydrogen-bond donors (Lipinski definition) is 3. The van der Waals surface area contributed by atoms with E-state index in [0.29, 0.717) is 90.7 Å². The zero-order valence-corrected chi connectivity index (χ0v) is 44.1. The third kappa shape index (κ3) is 12.3. The first-order chi connectivity index (χ1) is 35.3. The number of sulfone groups is 1. The predicted octanol–water partition coefficient (Wildman–Crippen LogP) is 11.1. The number of carboxylic acids is 1. The summed E-state index contributed by atoms with van der Waals surface area (Å²) in [5.41, 5.74) is -1.93. The number of anilines is 4. The lowest BCUT2D eigenvalue weighted by atomic mass is 9.96. The summed E-state index contributed by atoms with van der Waals surface area (Å²) in [6.45, 7) is 8.12. The number of carbonyl (C=O) groups is 1. The highest BCUT2D eigenvalue weighted by Crippen LogP contribution is 2.42. The van der Waals surface area contributed by atoms with Gasteiger partial charge in [-0.25, -0.2) is 26.0 Å². The molecule has 3 N–H and O–H groups in total. The van der Waals surface area contributed by atoms with E-state index in [1.54, 1.807) is 56.5 Å². The number of piperazine rings is 1. The lowest BCUT2D eigenvalue weighted by Crippen LogP contribution is -2.46. The molecule has 0 aliphatic carbocycles. The van der Waals surface area contributed by atoms with E-state index in [1.807, 2.05) is 46.7 Å². The predicted molar refractivity (Wildman–Crippen MR) is 285 cm³/mol. The maximum atomic E-state index is 15.6. The van der Waals surface area contributed by atoms with Crippen LogP contribution in [0.15, 0.2) is 130 Å². The van der Waals surface area contributed by atoms with Gasteiger partial charge in [-0.1, -0.05) is 41.9 Å². The molecular formula is C53H57ClF4N6O7S3. The molecule has 0 radical (unpaired) electrons. The molecule has 0 bridgehead atoms. The number of benzene rings is 5. The Kier molecular flexibility index (Phi) is 16.9. The van der Waals surface area contributed by atoms with Crippen LogP contribution in [0.3, 0.4) is 0 Å². The first kappa shape index (κ1) is 54.5. The Morgan fingerprint density at radius 1 is 0.838 bits per heavy atom. The number of sulfonamides is 1. The number of hydrogen-bond acceptors (Lipinski definition) is 11. The van der Waals surface area contributed by atoms with Crippen molar-refractivity contribution in [2.45, 2.75) is 72.0 Å². The molecule has 8 rings (SSSR count). The third-order valence-corrected chi connectivity index (χ3v) is 17.9. The molecule has 6 aromatic rings. The Morgan fingerprint density at radius 3 is 2.09 bits per heavy atom. The fourth-order valence-electron chi connectivity index (χ4n) is 9.63. The molecule has 5 aromatic carbocycles. The van der Waals surface area contributed by atoms with Crippen LogP contribution in [-0.2, 0) is 31.1 Å². The second kappa shape index (κ2) is 23.0. The zero-order chi connectivity index (χ0) is 53.0. The van der Waals surface area contributed by atoms with Crippen molar-refractivity contribution in [2.24, 2.45) is 0 Å². The van der Waals surface area contributed by atoms with Crippen molar-refractivity contribution in [1.29, 1.82) is 0 Å². The van der Waals surface area contributed by atoms with Gasteiger partial charge in [-0.2, -0.15) is 13.2 Å². The highest BCUT2D eigenvalue weighted by atomic mass is 35.5. The summed E-state index contributed by atoms with van der Waals surface area (Å²) in [7, 11) is -8.98. The molecule has 2 fully saturated rings. The van der Waals surface area contributed by atoms with E-state index in [4.69, 9.17) is 16.3 Å². The summed E-state index contributed by atoms with van der Waals surface area (Å²) in [5, 5.41) is 14.0. The molecule has 74 heavy (non-hydrogen) atoms. The minimum atomic E-state index is -6.04. The van der Waals surface area contributed by atoms with Gasteiger partial charge in [-0.15, -0.1) is 11.8 Å². The number of nitrogens with zero attached hydrogens (tertiary/aromatic N) is 4. The number of methoxy groups -OCH3 is 1. The summed E-state index contributed by atoms with van der Waals surface area (Å²) in [6.07, 6.45) is 2.28. The van der Waals surface area contributed by atoms with Crippen LogP contribution in [0.4, 0.5) is 40.3 Å². The standard InChI is InChI=1S/C53H57ClF4N6O7S3/c1-4-64-35(2)49(52(65)66)50(51(64)36-10-12-38(54)13-11-36)37-30-39(55)32-43(31-37)63-28-26-62(27-29-63)42-16-14-40(15-17-42)60-74(69,70)46-18-19-47(48(33-46)73(67,68)53(56,57)58)59-41(34-72-45-8-6-5-7-9-45)20-23-61-24-21-44(71-3)22-25-61/h5-19,30-33,41,44,59-60H,4,20-29,34H2,1-3H3,(H,65,66)/t41-/m1/s1. The van der Waals surface area contributed by atoms with Crippen LogP contribution in [0.25, 0.3) is 22.4 Å². The Labute approximate surface area is 438 Å². The van der Waals surface area contributed by atoms with Crippen LogP contribution in [0.2, 0.25) is 5.02 Å². The largest absolute Gasteiger partial charge is 0.501 e. The molecule has 0 saturated carbocycles. The molecule has 21 heteroatoms. The molecule has 13 nitrogen and oxygen atoms in total.